The average molecular weight is 400 g/mol. The van der Waals surface area contributed by atoms with Gasteiger partial charge in [-0.1, -0.05) is 6.07 Å². The third kappa shape index (κ3) is 3.31. The van der Waals surface area contributed by atoms with Crippen LogP contribution < -0.4 is 10.9 Å². The van der Waals surface area contributed by atoms with Crippen LogP contribution in [0.25, 0.3) is 20.7 Å². The van der Waals surface area contributed by atoms with E-state index in [4.69, 9.17) is 0 Å². The van der Waals surface area contributed by atoms with Gasteiger partial charge in [0.25, 0.3) is 5.56 Å². The van der Waals surface area contributed by atoms with Crippen LogP contribution >= 0.6 is 22.7 Å². The fourth-order valence-corrected chi connectivity index (χ4v) is 4.58. The monoisotopic (exact) mass is 399 g/mol. The molecule has 0 aliphatic heterocycles. The van der Waals surface area contributed by atoms with Gasteiger partial charge in [-0.15, -0.1) is 22.7 Å². The number of nitrogens with zero attached hydrogens (tertiary/aromatic N) is 4. The third-order valence-corrected chi connectivity index (χ3v) is 5.88. The van der Waals surface area contributed by atoms with E-state index in [2.05, 4.69) is 15.4 Å². The van der Waals surface area contributed by atoms with Crippen molar-refractivity contribution in [2.45, 2.75) is 26.4 Å². The highest BCUT2D eigenvalue weighted by molar-refractivity contribution is 7.18. The summed E-state index contributed by atoms with van der Waals surface area (Å²) in [6, 6.07) is 5.78. The summed E-state index contributed by atoms with van der Waals surface area (Å²) in [6.07, 6.45) is 3.06. The fourth-order valence-electron chi connectivity index (χ4n) is 2.86. The summed E-state index contributed by atoms with van der Waals surface area (Å²) in [7, 11) is 0. The standard InChI is InChI=1S/C18H17N5O2S2/c1-11(2)23-14(5-6-20-23)21-15(24)8-22-10-19-17-16(18(22)25)12(9-27-17)13-4-3-7-26-13/h3-7,9-11H,8H2,1-2H3,(H,21,24). The Morgan fingerprint density at radius 2 is 2.15 bits per heavy atom. The lowest BCUT2D eigenvalue weighted by Gasteiger charge is -2.12. The average Bonchev–Trinajstić information content (AvgIpc) is 3.36. The van der Waals surface area contributed by atoms with Gasteiger partial charge in [0.2, 0.25) is 5.91 Å². The number of carbonyl (C=O) groups is 1. The molecule has 0 aromatic carbocycles. The Hall–Kier alpha value is -2.78. The lowest BCUT2D eigenvalue weighted by atomic mass is 10.2. The summed E-state index contributed by atoms with van der Waals surface area (Å²) < 4.78 is 3.06. The molecule has 9 heteroatoms. The molecule has 1 amide bonds. The molecule has 0 radical (unpaired) electrons. The van der Waals surface area contributed by atoms with E-state index < -0.39 is 0 Å². The first kappa shape index (κ1) is 17.6. The molecular weight excluding hydrogens is 382 g/mol. The Morgan fingerprint density at radius 1 is 1.30 bits per heavy atom. The van der Waals surface area contributed by atoms with Crippen LogP contribution in [-0.2, 0) is 11.3 Å². The number of hydrogen-bond acceptors (Lipinski definition) is 6. The second-order valence-corrected chi connectivity index (χ2v) is 8.09. The van der Waals surface area contributed by atoms with Crippen molar-refractivity contribution in [3.8, 4) is 10.4 Å². The van der Waals surface area contributed by atoms with Crippen LogP contribution in [0.3, 0.4) is 0 Å². The summed E-state index contributed by atoms with van der Waals surface area (Å²) in [5, 5.41) is 11.5. The van der Waals surface area contributed by atoms with Crippen molar-refractivity contribution in [1.82, 2.24) is 19.3 Å². The largest absolute Gasteiger partial charge is 0.309 e. The van der Waals surface area contributed by atoms with Gasteiger partial charge in [0, 0.05) is 27.9 Å². The Balaban J connectivity index is 1.63. The van der Waals surface area contributed by atoms with Crippen LogP contribution in [0.5, 0.6) is 0 Å². The molecule has 0 aliphatic carbocycles. The van der Waals surface area contributed by atoms with E-state index in [1.165, 1.54) is 22.2 Å². The Bertz CT molecular complexity index is 1150. The maximum atomic E-state index is 13.0. The number of thiophene rings is 2. The van der Waals surface area contributed by atoms with Gasteiger partial charge < -0.3 is 5.32 Å². The first-order valence-corrected chi connectivity index (χ1v) is 10.1. The van der Waals surface area contributed by atoms with Crippen LogP contribution in [0.2, 0.25) is 0 Å². The SMILES string of the molecule is CC(C)n1nccc1NC(=O)Cn1cnc2scc(-c3cccs3)c2c1=O. The molecule has 0 atom stereocenters. The molecule has 0 fully saturated rings. The van der Waals surface area contributed by atoms with Crippen LogP contribution in [0.4, 0.5) is 5.82 Å². The molecule has 27 heavy (non-hydrogen) atoms. The Morgan fingerprint density at radius 3 is 2.89 bits per heavy atom. The van der Waals surface area contributed by atoms with E-state index >= 15 is 0 Å². The van der Waals surface area contributed by atoms with Crippen molar-refractivity contribution in [3.05, 3.63) is 51.8 Å². The van der Waals surface area contributed by atoms with Crippen LogP contribution in [0.1, 0.15) is 19.9 Å². The number of hydrogen-bond donors (Lipinski definition) is 1. The van der Waals surface area contributed by atoms with E-state index in [-0.39, 0.29) is 24.1 Å². The zero-order valence-electron chi connectivity index (χ0n) is 14.7. The molecule has 4 aromatic rings. The number of fused-ring (bicyclic) bond motifs is 1. The lowest BCUT2D eigenvalue weighted by Crippen LogP contribution is -2.28. The van der Waals surface area contributed by atoms with E-state index in [0.29, 0.717) is 16.0 Å². The van der Waals surface area contributed by atoms with Gasteiger partial charge in [0.1, 0.15) is 17.2 Å². The van der Waals surface area contributed by atoms with E-state index in [9.17, 15) is 9.59 Å². The quantitative estimate of drug-likeness (QED) is 0.556. The first-order chi connectivity index (χ1) is 13.0. The maximum absolute atomic E-state index is 13.0. The molecule has 0 saturated heterocycles. The molecule has 0 unspecified atom stereocenters. The van der Waals surface area contributed by atoms with Crippen molar-refractivity contribution in [1.29, 1.82) is 0 Å². The molecule has 4 aromatic heterocycles. The Kier molecular flexibility index (Phi) is 4.63. The first-order valence-electron chi connectivity index (χ1n) is 8.38. The van der Waals surface area contributed by atoms with Crippen LogP contribution in [0, 0.1) is 0 Å². The summed E-state index contributed by atoms with van der Waals surface area (Å²) in [6.45, 7) is 3.85. The van der Waals surface area contributed by atoms with Crippen molar-refractivity contribution in [2.24, 2.45) is 0 Å². The summed E-state index contributed by atoms with van der Waals surface area (Å²) in [4.78, 5) is 31.5. The molecule has 0 aliphatic rings. The molecule has 138 valence electrons. The zero-order valence-corrected chi connectivity index (χ0v) is 16.4. The van der Waals surface area contributed by atoms with Crippen molar-refractivity contribution >= 4 is 44.6 Å². The van der Waals surface area contributed by atoms with Gasteiger partial charge in [-0.25, -0.2) is 9.67 Å². The third-order valence-electron chi connectivity index (χ3n) is 4.09. The second kappa shape index (κ2) is 7.09. The van der Waals surface area contributed by atoms with Gasteiger partial charge in [-0.3, -0.25) is 14.2 Å². The summed E-state index contributed by atoms with van der Waals surface area (Å²) >= 11 is 3.01. The fraction of sp³-hybridized carbons (Fsp3) is 0.222. The highest BCUT2D eigenvalue weighted by atomic mass is 32.1. The predicted molar refractivity (Wildman–Crippen MR) is 108 cm³/mol. The molecule has 0 spiro atoms. The number of amides is 1. The number of aromatic nitrogens is 4. The van der Waals surface area contributed by atoms with E-state index in [1.54, 1.807) is 28.3 Å². The minimum atomic E-state index is -0.298. The summed E-state index contributed by atoms with van der Waals surface area (Å²) in [5.41, 5.74) is 0.660. The normalized spacial score (nSPS) is 11.4. The van der Waals surface area contributed by atoms with Crippen LogP contribution in [0.15, 0.2) is 46.3 Å². The predicted octanol–water partition coefficient (Wildman–Crippen LogP) is 3.60. The zero-order chi connectivity index (χ0) is 19.0. The number of anilines is 1. The smallest absolute Gasteiger partial charge is 0.263 e. The molecule has 0 bridgehead atoms. The highest BCUT2D eigenvalue weighted by Gasteiger charge is 2.16. The van der Waals surface area contributed by atoms with E-state index in [1.807, 2.05) is 36.7 Å². The van der Waals surface area contributed by atoms with Crippen molar-refractivity contribution < 1.29 is 4.79 Å². The van der Waals surface area contributed by atoms with Gasteiger partial charge >= 0.3 is 0 Å². The van der Waals surface area contributed by atoms with Gasteiger partial charge in [0.05, 0.1) is 17.9 Å². The number of rotatable bonds is 5. The maximum Gasteiger partial charge on any atom is 0.263 e. The van der Waals surface area contributed by atoms with Gasteiger partial charge in [0.15, 0.2) is 0 Å². The second-order valence-electron chi connectivity index (χ2n) is 6.29. The minimum Gasteiger partial charge on any atom is -0.309 e. The molecule has 4 heterocycles. The lowest BCUT2D eigenvalue weighted by molar-refractivity contribution is -0.116. The molecule has 1 N–H and O–H groups in total. The highest BCUT2D eigenvalue weighted by Crippen LogP contribution is 2.33. The topological polar surface area (TPSA) is 81.8 Å². The Labute approximate surface area is 162 Å². The molecule has 0 saturated carbocycles. The number of carbonyl (C=O) groups excluding carboxylic acids is 1. The number of nitrogens with one attached hydrogen (secondary N) is 1. The summed E-state index contributed by atoms with van der Waals surface area (Å²) in [5.74, 6) is 0.306. The minimum absolute atomic E-state index is 0.106. The van der Waals surface area contributed by atoms with Crippen molar-refractivity contribution in [2.75, 3.05) is 5.32 Å². The molecular formula is C18H17N5O2S2. The van der Waals surface area contributed by atoms with Gasteiger partial charge in [-0.2, -0.15) is 5.10 Å². The molecule has 7 nitrogen and oxygen atoms in total. The van der Waals surface area contributed by atoms with Gasteiger partial charge in [-0.05, 0) is 25.3 Å². The van der Waals surface area contributed by atoms with Crippen molar-refractivity contribution in [3.63, 3.8) is 0 Å². The van der Waals surface area contributed by atoms with E-state index in [0.717, 1.165) is 10.4 Å². The molecule has 4 rings (SSSR count). The van der Waals surface area contributed by atoms with Crippen LogP contribution in [-0.4, -0.2) is 25.2 Å².